The van der Waals surface area contributed by atoms with E-state index in [2.05, 4.69) is 4.99 Å². The Hall–Kier alpha value is -1.75. The van der Waals surface area contributed by atoms with Crippen LogP contribution in [-0.2, 0) is 0 Å². The summed E-state index contributed by atoms with van der Waals surface area (Å²) in [4.78, 5) is 5.41. The van der Waals surface area contributed by atoms with Gasteiger partial charge < -0.3 is 0 Å². The predicted octanol–water partition coefficient (Wildman–Crippen LogP) is 4.05. The van der Waals surface area contributed by atoms with Gasteiger partial charge >= 0.3 is 0 Å². The highest BCUT2D eigenvalue weighted by molar-refractivity contribution is 7.07. The van der Waals surface area contributed by atoms with E-state index < -0.39 is 0 Å². The molecular formula is C16H18FN3S. The lowest BCUT2D eigenvalue weighted by atomic mass is 10.2. The Morgan fingerprint density at radius 1 is 1.19 bits per heavy atom. The maximum absolute atomic E-state index is 13.1. The number of nitrogens with zero attached hydrogens (tertiary/aromatic N) is 3. The molecule has 0 radical (unpaired) electrons. The second-order valence-electron chi connectivity index (χ2n) is 5.07. The summed E-state index contributed by atoms with van der Waals surface area (Å²) < 4.78 is 15.0. The van der Waals surface area contributed by atoms with Crippen LogP contribution in [0.2, 0.25) is 0 Å². The molecule has 1 aliphatic rings. The number of rotatable bonds is 3. The molecule has 3 rings (SSSR count). The molecule has 1 aliphatic carbocycles. The van der Waals surface area contributed by atoms with Gasteiger partial charge in [0.05, 0.1) is 5.69 Å². The van der Waals surface area contributed by atoms with E-state index in [0.717, 1.165) is 35.4 Å². The molecule has 110 valence electrons. The molecule has 3 nitrogen and oxygen atoms in total. The molecule has 2 aromatic rings. The van der Waals surface area contributed by atoms with Crippen LogP contribution in [0.3, 0.4) is 0 Å². The Bertz CT molecular complexity index is 702. The molecular weight excluding hydrogens is 285 g/mol. The predicted molar refractivity (Wildman–Crippen MR) is 85.1 cm³/mol. The number of halogens is 1. The summed E-state index contributed by atoms with van der Waals surface area (Å²) in [5.41, 5.74) is 3.17. The van der Waals surface area contributed by atoms with E-state index in [4.69, 9.17) is 5.10 Å². The fraction of sp³-hybridized carbons (Fsp3) is 0.375. The van der Waals surface area contributed by atoms with E-state index in [1.54, 1.807) is 23.5 Å². The summed E-state index contributed by atoms with van der Waals surface area (Å²) in [5.74, 6) is -0.221. The number of aromatic nitrogens is 1. The van der Waals surface area contributed by atoms with Crippen molar-refractivity contribution in [3.8, 4) is 11.3 Å². The molecule has 5 heteroatoms. The van der Waals surface area contributed by atoms with Gasteiger partial charge in [0.25, 0.3) is 0 Å². The first-order chi connectivity index (χ1) is 10.3. The lowest BCUT2D eigenvalue weighted by molar-refractivity contribution is 0.628. The van der Waals surface area contributed by atoms with Gasteiger partial charge in [0.15, 0.2) is 0 Å². The standard InChI is InChI=1S/C16H18FN3S/c1-2-18-16-20(19-14-5-3-4-6-14)15(11-21-16)12-7-9-13(17)10-8-12/h7-11H,2-6H2,1H3. The van der Waals surface area contributed by atoms with Crippen molar-refractivity contribution in [2.75, 3.05) is 6.54 Å². The lowest BCUT2D eigenvalue weighted by Crippen LogP contribution is -2.14. The van der Waals surface area contributed by atoms with Crippen LogP contribution in [0, 0.1) is 5.82 Å². The summed E-state index contributed by atoms with van der Waals surface area (Å²) in [7, 11) is 0. The molecule has 0 amide bonds. The molecule has 0 atom stereocenters. The van der Waals surface area contributed by atoms with Gasteiger partial charge in [0.1, 0.15) is 5.82 Å². The highest BCUT2D eigenvalue weighted by Gasteiger charge is 2.12. The van der Waals surface area contributed by atoms with Crippen LogP contribution in [0.1, 0.15) is 32.6 Å². The summed E-state index contributed by atoms with van der Waals surface area (Å²) >= 11 is 1.58. The van der Waals surface area contributed by atoms with Gasteiger partial charge in [0, 0.05) is 23.2 Å². The van der Waals surface area contributed by atoms with Crippen LogP contribution in [0.15, 0.2) is 39.7 Å². The second-order valence-corrected chi connectivity index (χ2v) is 5.91. The zero-order chi connectivity index (χ0) is 14.7. The van der Waals surface area contributed by atoms with Crippen molar-refractivity contribution in [1.82, 2.24) is 4.68 Å². The van der Waals surface area contributed by atoms with Gasteiger partial charge in [-0.15, -0.1) is 11.3 Å². The smallest absolute Gasteiger partial charge is 0.206 e. The Labute approximate surface area is 127 Å². The molecule has 0 aliphatic heterocycles. The monoisotopic (exact) mass is 303 g/mol. The van der Waals surface area contributed by atoms with Crippen LogP contribution in [-0.4, -0.2) is 16.9 Å². The third kappa shape index (κ3) is 3.13. The average Bonchev–Trinajstić information content (AvgIpc) is 3.12. The van der Waals surface area contributed by atoms with Gasteiger partial charge in [-0.1, -0.05) is 0 Å². The highest BCUT2D eigenvalue weighted by Crippen LogP contribution is 2.22. The van der Waals surface area contributed by atoms with Gasteiger partial charge in [-0.05, 0) is 56.9 Å². The molecule has 0 bridgehead atoms. The minimum atomic E-state index is -0.221. The Balaban J connectivity index is 2.10. The first kappa shape index (κ1) is 14.2. The highest BCUT2D eigenvalue weighted by atomic mass is 32.1. The SMILES string of the molecule is CCN=c1scc(-c2ccc(F)cc2)n1N=C1CCCC1. The topological polar surface area (TPSA) is 29.6 Å². The van der Waals surface area contributed by atoms with Crippen molar-refractivity contribution in [1.29, 1.82) is 0 Å². The molecule has 1 fully saturated rings. The van der Waals surface area contributed by atoms with Crippen LogP contribution in [0.5, 0.6) is 0 Å². The van der Waals surface area contributed by atoms with E-state index in [9.17, 15) is 4.39 Å². The van der Waals surface area contributed by atoms with E-state index in [1.165, 1.54) is 30.7 Å². The van der Waals surface area contributed by atoms with Crippen molar-refractivity contribution in [3.05, 3.63) is 40.3 Å². The molecule has 0 spiro atoms. The Morgan fingerprint density at radius 3 is 2.57 bits per heavy atom. The van der Waals surface area contributed by atoms with Crippen molar-refractivity contribution in [3.63, 3.8) is 0 Å². The minimum Gasteiger partial charge on any atom is -0.258 e. The van der Waals surface area contributed by atoms with Gasteiger partial charge in [-0.2, -0.15) is 5.10 Å². The van der Waals surface area contributed by atoms with Crippen LogP contribution < -0.4 is 4.80 Å². The maximum atomic E-state index is 13.1. The molecule has 1 aromatic heterocycles. The first-order valence-electron chi connectivity index (χ1n) is 7.31. The Kier molecular flexibility index (Phi) is 4.29. The largest absolute Gasteiger partial charge is 0.258 e. The quantitative estimate of drug-likeness (QED) is 0.818. The van der Waals surface area contributed by atoms with Gasteiger partial charge in [-0.25, -0.2) is 9.07 Å². The normalized spacial score (nSPS) is 15.7. The van der Waals surface area contributed by atoms with E-state index in [-0.39, 0.29) is 5.82 Å². The van der Waals surface area contributed by atoms with Crippen molar-refractivity contribution in [2.45, 2.75) is 32.6 Å². The number of hydrogen-bond acceptors (Lipinski definition) is 3. The zero-order valence-electron chi connectivity index (χ0n) is 12.1. The first-order valence-corrected chi connectivity index (χ1v) is 8.19. The molecule has 0 N–H and O–H groups in total. The molecule has 1 heterocycles. The van der Waals surface area contributed by atoms with Crippen molar-refractivity contribution < 1.29 is 4.39 Å². The fourth-order valence-electron chi connectivity index (χ4n) is 2.48. The summed E-state index contributed by atoms with van der Waals surface area (Å²) in [6, 6.07) is 6.55. The summed E-state index contributed by atoms with van der Waals surface area (Å²) in [6.07, 6.45) is 4.57. The molecule has 0 unspecified atom stereocenters. The minimum absolute atomic E-state index is 0.221. The van der Waals surface area contributed by atoms with Crippen molar-refractivity contribution in [2.24, 2.45) is 10.1 Å². The second kappa shape index (κ2) is 6.35. The number of hydrogen-bond donors (Lipinski definition) is 0. The van der Waals surface area contributed by atoms with Crippen LogP contribution in [0.25, 0.3) is 11.3 Å². The summed E-state index contributed by atoms with van der Waals surface area (Å²) in [6.45, 7) is 2.75. The van der Waals surface area contributed by atoms with Crippen LogP contribution in [0.4, 0.5) is 4.39 Å². The van der Waals surface area contributed by atoms with Gasteiger partial charge in [0.2, 0.25) is 4.80 Å². The van der Waals surface area contributed by atoms with E-state index in [0.29, 0.717) is 0 Å². The lowest BCUT2D eigenvalue weighted by Gasteiger charge is -2.05. The molecule has 21 heavy (non-hydrogen) atoms. The fourth-order valence-corrected chi connectivity index (χ4v) is 3.38. The third-order valence-corrected chi connectivity index (χ3v) is 4.39. The van der Waals surface area contributed by atoms with E-state index in [1.807, 2.05) is 17.0 Å². The molecule has 1 aromatic carbocycles. The van der Waals surface area contributed by atoms with Crippen LogP contribution >= 0.6 is 11.3 Å². The molecule has 0 saturated heterocycles. The summed E-state index contributed by atoms with van der Waals surface area (Å²) in [5, 5.41) is 6.83. The third-order valence-electron chi connectivity index (χ3n) is 3.54. The zero-order valence-corrected chi connectivity index (χ0v) is 12.9. The maximum Gasteiger partial charge on any atom is 0.206 e. The molecule has 1 saturated carbocycles. The van der Waals surface area contributed by atoms with E-state index >= 15 is 0 Å². The van der Waals surface area contributed by atoms with Gasteiger partial charge in [-0.3, -0.25) is 4.99 Å². The average molecular weight is 303 g/mol. The number of thiazole rings is 1. The Morgan fingerprint density at radius 2 is 1.90 bits per heavy atom. The van der Waals surface area contributed by atoms with Crippen molar-refractivity contribution >= 4 is 17.0 Å². The number of benzene rings is 1.